The van der Waals surface area contributed by atoms with Gasteiger partial charge in [0.2, 0.25) is 0 Å². The van der Waals surface area contributed by atoms with E-state index in [4.69, 9.17) is 43.4 Å². The second-order valence-electron chi connectivity index (χ2n) is 5.75. The van der Waals surface area contributed by atoms with Crippen LogP contribution < -0.4 is 22.9 Å². The number of nitrogens with two attached hydrogens (primary N) is 4. The average molecular weight is 410 g/mol. The Labute approximate surface area is 163 Å². The normalized spacial score (nSPS) is 11.7. The lowest BCUT2D eigenvalue weighted by Crippen LogP contribution is -2.29. The van der Waals surface area contributed by atoms with Gasteiger partial charge < -0.3 is 43.4 Å². The van der Waals surface area contributed by atoms with Crippen molar-refractivity contribution in [3.63, 3.8) is 0 Å². The summed E-state index contributed by atoms with van der Waals surface area (Å²) in [7, 11) is 0. The van der Waals surface area contributed by atoms with E-state index >= 15 is 0 Å². The average Bonchev–Trinajstić information content (AvgIpc) is 2.61. The summed E-state index contributed by atoms with van der Waals surface area (Å²) < 4.78 is 0. The Morgan fingerprint density at radius 3 is 1.07 bits per heavy atom. The van der Waals surface area contributed by atoms with Crippen molar-refractivity contribution in [3.8, 4) is 0 Å². The molecular weight excluding hydrogens is 376 g/mol. The van der Waals surface area contributed by atoms with Gasteiger partial charge in [0.1, 0.15) is 12.1 Å². The fourth-order valence-electron chi connectivity index (χ4n) is 1.48. The molecule has 28 heavy (non-hydrogen) atoms. The van der Waals surface area contributed by atoms with Gasteiger partial charge in [0, 0.05) is 0 Å². The Bertz CT molecular complexity index is 408. The molecule has 2 unspecified atom stereocenters. The van der Waals surface area contributed by atoms with Gasteiger partial charge >= 0.3 is 23.9 Å². The third-order valence-corrected chi connectivity index (χ3v) is 3.13. The van der Waals surface area contributed by atoms with E-state index in [9.17, 15) is 19.2 Å². The molecule has 0 aliphatic carbocycles. The Balaban J connectivity index is -0.000000337. The van der Waals surface area contributed by atoms with Gasteiger partial charge in [-0.15, -0.1) is 0 Å². The van der Waals surface area contributed by atoms with Crippen LogP contribution in [0, 0.1) is 0 Å². The molecule has 0 fully saturated rings. The first-order valence-corrected chi connectivity index (χ1v) is 8.80. The van der Waals surface area contributed by atoms with Gasteiger partial charge in [0.05, 0.1) is 12.8 Å². The quantitative estimate of drug-likeness (QED) is 0.170. The van der Waals surface area contributed by atoms with E-state index in [2.05, 4.69) is 0 Å². The second kappa shape index (κ2) is 21.0. The number of aliphatic carboxylic acids is 4. The monoisotopic (exact) mass is 410 g/mol. The first-order chi connectivity index (χ1) is 13.0. The molecule has 12 nitrogen and oxygen atoms in total. The van der Waals surface area contributed by atoms with Gasteiger partial charge in [0.15, 0.2) is 0 Å². The van der Waals surface area contributed by atoms with Crippen molar-refractivity contribution >= 4 is 23.9 Å². The summed E-state index contributed by atoms with van der Waals surface area (Å²) in [5.41, 5.74) is 20.8. The molecule has 0 saturated heterocycles. The molecule has 0 aliphatic heterocycles. The number of unbranched alkanes of at least 4 members (excludes halogenated alkanes) is 2. The van der Waals surface area contributed by atoms with Crippen LogP contribution in [0.3, 0.4) is 0 Å². The SMILES string of the molecule is NCCCCC(N)C(=O)O.NCCCCC(N)C(=O)O.O=C(O)CCC(=O)O. The summed E-state index contributed by atoms with van der Waals surface area (Å²) >= 11 is 0. The predicted octanol–water partition coefficient (Wildman–Crippen LogP) is -1.01. The largest absolute Gasteiger partial charge is 0.481 e. The van der Waals surface area contributed by atoms with Crippen LogP contribution in [0.15, 0.2) is 0 Å². The maximum absolute atomic E-state index is 10.1. The molecule has 2 atom stereocenters. The molecule has 0 amide bonds. The number of hydrogen-bond acceptors (Lipinski definition) is 8. The highest BCUT2D eigenvalue weighted by Crippen LogP contribution is 1.97. The number of carboxylic acid groups (broad SMARTS) is 4. The molecule has 0 spiro atoms. The van der Waals surface area contributed by atoms with Gasteiger partial charge in [0.25, 0.3) is 0 Å². The Hall–Kier alpha value is -2.28. The Morgan fingerprint density at radius 1 is 0.607 bits per heavy atom. The number of hydrogen-bond donors (Lipinski definition) is 8. The van der Waals surface area contributed by atoms with E-state index in [-0.39, 0.29) is 12.8 Å². The molecule has 0 aliphatic rings. The van der Waals surface area contributed by atoms with Crippen LogP contribution in [0.25, 0.3) is 0 Å². The van der Waals surface area contributed by atoms with Gasteiger partial charge in [-0.25, -0.2) is 0 Å². The van der Waals surface area contributed by atoms with Gasteiger partial charge in [-0.05, 0) is 38.8 Å². The summed E-state index contributed by atoms with van der Waals surface area (Å²) in [6.45, 7) is 1.21. The topological polar surface area (TPSA) is 253 Å². The zero-order valence-corrected chi connectivity index (χ0v) is 16.0. The molecule has 0 heterocycles. The fraction of sp³-hybridized carbons (Fsp3) is 0.750. The molecule has 12 heteroatoms. The van der Waals surface area contributed by atoms with E-state index in [1.54, 1.807) is 0 Å². The zero-order chi connectivity index (χ0) is 22.5. The minimum atomic E-state index is -1.08. The molecule has 0 saturated carbocycles. The highest BCUT2D eigenvalue weighted by atomic mass is 16.4. The highest BCUT2D eigenvalue weighted by Gasteiger charge is 2.09. The summed E-state index contributed by atoms with van der Waals surface area (Å²) in [6.07, 6.45) is 3.74. The number of carboxylic acids is 4. The van der Waals surface area contributed by atoms with Crippen LogP contribution in [0.5, 0.6) is 0 Å². The van der Waals surface area contributed by atoms with Gasteiger partial charge in [-0.2, -0.15) is 0 Å². The molecule has 166 valence electrons. The van der Waals surface area contributed by atoms with E-state index in [1.807, 2.05) is 0 Å². The van der Waals surface area contributed by atoms with Gasteiger partial charge in [-0.3, -0.25) is 19.2 Å². The predicted molar refractivity (Wildman–Crippen MR) is 102 cm³/mol. The van der Waals surface area contributed by atoms with Crippen molar-refractivity contribution in [1.29, 1.82) is 0 Å². The Kier molecular flexibility index (Phi) is 22.9. The van der Waals surface area contributed by atoms with Crippen molar-refractivity contribution in [2.24, 2.45) is 22.9 Å². The number of rotatable bonds is 13. The first kappa shape index (κ1) is 30.4. The summed E-state index contributed by atoms with van der Waals surface area (Å²) in [4.78, 5) is 39.6. The smallest absolute Gasteiger partial charge is 0.320 e. The van der Waals surface area contributed by atoms with Crippen LogP contribution in [-0.4, -0.2) is 69.5 Å². The molecule has 0 aromatic carbocycles. The standard InChI is InChI=1S/2C6H14N2O2.C4H6O4/c2*7-4-2-1-3-5(8)6(9)10;5-3(6)1-2-4(7)8/h2*5H,1-4,7-8H2,(H,9,10);1-2H2,(H,5,6)(H,7,8). The summed E-state index contributed by atoms with van der Waals surface area (Å²) in [6, 6.07) is -1.43. The van der Waals surface area contributed by atoms with Crippen molar-refractivity contribution in [2.45, 2.75) is 63.5 Å². The first-order valence-electron chi connectivity index (χ1n) is 8.80. The van der Waals surface area contributed by atoms with Crippen molar-refractivity contribution in [3.05, 3.63) is 0 Å². The third-order valence-electron chi connectivity index (χ3n) is 3.13. The van der Waals surface area contributed by atoms with Crippen LogP contribution in [0.2, 0.25) is 0 Å². The highest BCUT2D eigenvalue weighted by molar-refractivity contribution is 5.75. The van der Waals surface area contributed by atoms with Crippen LogP contribution in [0.4, 0.5) is 0 Å². The third kappa shape index (κ3) is 28.5. The van der Waals surface area contributed by atoms with Crippen LogP contribution >= 0.6 is 0 Å². The molecule has 12 N–H and O–H groups in total. The van der Waals surface area contributed by atoms with Crippen molar-refractivity contribution in [2.75, 3.05) is 13.1 Å². The molecule has 0 aromatic rings. The summed E-state index contributed by atoms with van der Waals surface area (Å²) in [5, 5.41) is 32.4. The van der Waals surface area contributed by atoms with Crippen molar-refractivity contribution in [1.82, 2.24) is 0 Å². The maximum atomic E-state index is 10.1. The maximum Gasteiger partial charge on any atom is 0.320 e. The minimum absolute atomic E-state index is 0.296. The van der Waals surface area contributed by atoms with E-state index in [0.717, 1.165) is 25.7 Å². The molecule has 0 radical (unpaired) electrons. The molecular formula is C16H34N4O8. The minimum Gasteiger partial charge on any atom is -0.481 e. The molecule has 0 aromatic heterocycles. The second-order valence-corrected chi connectivity index (χ2v) is 5.75. The van der Waals surface area contributed by atoms with Gasteiger partial charge in [-0.1, -0.05) is 12.8 Å². The lowest BCUT2D eigenvalue weighted by Gasteiger charge is -2.03. The summed E-state index contributed by atoms with van der Waals surface area (Å²) in [5.74, 6) is -4.02. The van der Waals surface area contributed by atoms with E-state index in [0.29, 0.717) is 25.9 Å². The van der Waals surface area contributed by atoms with E-state index in [1.165, 1.54) is 0 Å². The lowest BCUT2D eigenvalue weighted by atomic mass is 10.1. The lowest BCUT2D eigenvalue weighted by molar-refractivity contribution is -0.143. The fourth-order valence-corrected chi connectivity index (χ4v) is 1.48. The van der Waals surface area contributed by atoms with Crippen molar-refractivity contribution < 1.29 is 39.6 Å². The number of carbonyl (C=O) groups is 4. The van der Waals surface area contributed by atoms with E-state index < -0.39 is 36.0 Å². The molecule has 0 rings (SSSR count). The zero-order valence-electron chi connectivity index (χ0n) is 16.0. The van der Waals surface area contributed by atoms with Crippen LogP contribution in [-0.2, 0) is 19.2 Å². The van der Waals surface area contributed by atoms with Crippen LogP contribution in [0.1, 0.15) is 51.4 Å². The molecule has 0 bridgehead atoms. The Morgan fingerprint density at radius 2 is 0.893 bits per heavy atom.